The lowest BCUT2D eigenvalue weighted by atomic mass is 10.1. The van der Waals surface area contributed by atoms with Crippen LogP contribution in [0.2, 0.25) is 0 Å². The fourth-order valence-electron chi connectivity index (χ4n) is 1.76. The van der Waals surface area contributed by atoms with Crippen molar-refractivity contribution in [3.8, 4) is 6.07 Å². The Morgan fingerprint density at radius 2 is 2.12 bits per heavy atom. The lowest BCUT2D eigenvalue weighted by molar-refractivity contribution is 0.271. The number of nitrogens with zero attached hydrogens (tertiary/aromatic N) is 2. The smallest absolute Gasteiger partial charge is 0.145 e. The van der Waals surface area contributed by atoms with Crippen molar-refractivity contribution in [2.45, 2.75) is 33.2 Å². The van der Waals surface area contributed by atoms with Crippen LogP contribution in [-0.4, -0.2) is 18.0 Å². The van der Waals surface area contributed by atoms with Gasteiger partial charge in [-0.05, 0) is 25.6 Å². The van der Waals surface area contributed by atoms with E-state index in [-0.39, 0.29) is 11.4 Å². The summed E-state index contributed by atoms with van der Waals surface area (Å²) in [4.78, 5) is 2.20. The van der Waals surface area contributed by atoms with E-state index >= 15 is 0 Å². The average Bonchev–Trinajstić information content (AvgIpc) is 2.36. The number of benzene rings is 1. The van der Waals surface area contributed by atoms with Crippen molar-refractivity contribution in [1.82, 2.24) is 4.90 Å². The summed E-state index contributed by atoms with van der Waals surface area (Å²) >= 11 is 0. The van der Waals surface area contributed by atoms with Crippen molar-refractivity contribution in [1.29, 1.82) is 5.26 Å². The van der Waals surface area contributed by atoms with E-state index in [9.17, 15) is 4.39 Å². The molecule has 3 heteroatoms. The molecule has 0 fully saturated rings. The Morgan fingerprint density at radius 1 is 1.35 bits per heavy atom. The van der Waals surface area contributed by atoms with E-state index in [1.807, 2.05) is 6.07 Å². The van der Waals surface area contributed by atoms with Gasteiger partial charge < -0.3 is 0 Å². The zero-order chi connectivity index (χ0) is 12.7. The standard InChI is InChI=1S/C14H19FN2/c1-3-5-9-17(4-2)11-13-8-6-7-12(10-16)14(13)15/h6-8H,3-5,9,11H2,1-2H3. The summed E-state index contributed by atoms with van der Waals surface area (Å²) in [6.45, 7) is 6.67. The molecule has 1 aromatic rings. The second kappa shape index (κ2) is 7.03. The molecule has 0 atom stereocenters. The third-order valence-corrected chi connectivity index (χ3v) is 2.87. The van der Waals surface area contributed by atoms with Gasteiger partial charge in [0.25, 0.3) is 0 Å². The zero-order valence-corrected chi connectivity index (χ0v) is 10.5. The highest BCUT2D eigenvalue weighted by atomic mass is 19.1. The Balaban J connectivity index is 2.76. The Labute approximate surface area is 103 Å². The van der Waals surface area contributed by atoms with E-state index in [0.717, 1.165) is 25.9 Å². The molecule has 0 saturated carbocycles. The van der Waals surface area contributed by atoms with Crippen LogP contribution in [0.5, 0.6) is 0 Å². The molecule has 0 aliphatic rings. The molecule has 0 aromatic heterocycles. The summed E-state index contributed by atoms with van der Waals surface area (Å²) in [7, 11) is 0. The summed E-state index contributed by atoms with van der Waals surface area (Å²) in [6.07, 6.45) is 2.25. The monoisotopic (exact) mass is 234 g/mol. The van der Waals surface area contributed by atoms with E-state index < -0.39 is 0 Å². The lowest BCUT2D eigenvalue weighted by Crippen LogP contribution is -2.24. The van der Waals surface area contributed by atoms with E-state index in [1.165, 1.54) is 6.07 Å². The van der Waals surface area contributed by atoms with Crippen LogP contribution >= 0.6 is 0 Å². The van der Waals surface area contributed by atoms with Gasteiger partial charge in [0.05, 0.1) is 5.56 Å². The molecule has 92 valence electrons. The van der Waals surface area contributed by atoms with Crippen molar-refractivity contribution >= 4 is 0 Å². The maximum atomic E-state index is 13.8. The number of hydrogen-bond acceptors (Lipinski definition) is 2. The first-order valence-electron chi connectivity index (χ1n) is 6.12. The first-order valence-corrected chi connectivity index (χ1v) is 6.12. The highest BCUT2D eigenvalue weighted by Gasteiger charge is 2.10. The second-order valence-corrected chi connectivity index (χ2v) is 4.11. The summed E-state index contributed by atoms with van der Waals surface area (Å²) in [5.74, 6) is -0.370. The van der Waals surface area contributed by atoms with Crippen molar-refractivity contribution < 1.29 is 4.39 Å². The summed E-state index contributed by atoms with van der Waals surface area (Å²) in [6, 6.07) is 6.89. The van der Waals surface area contributed by atoms with Gasteiger partial charge >= 0.3 is 0 Å². The number of nitriles is 1. The molecule has 0 aliphatic carbocycles. The quantitative estimate of drug-likeness (QED) is 0.755. The molecule has 1 rings (SSSR count). The fourth-order valence-corrected chi connectivity index (χ4v) is 1.76. The van der Waals surface area contributed by atoms with Crippen LogP contribution in [0.25, 0.3) is 0 Å². The predicted molar refractivity (Wildman–Crippen MR) is 67.0 cm³/mol. The Kier molecular flexibility index (Phi) is 5.65. The maximum Gasteiger partial charge on any atom is 0.145 e. The van der Waals surface area contributed by atoms with Gasteiger partial charge in [0, 0.05) is 12.1 Å². The van der Waals surface area contributed by atoms with Gasteiger partial charge in [0.15, 0.2) is 0 Å². The molecule has 0 radical (unpaired) electrons. The minimum absolute atomic E-state index is 0.133. The topological polar surface area (TPSA) is 27.0 Å². The fraction of sp³-hybridized carbons (Fsp3) is 0.500. The molecule has 0 bridgehead atoms. The van der Waals surface area contributed by atoms with Gasteiger partial charge in [-0.15, -0.1) is 0 Å². The lowest BCUT2D eigenvalue weighted by Gasteiger charge is -2.20. The van der Waals surface area contributed by atoms with Gasteiger partial charge in [-0.25, -0.2) is 4.39 Å². The Bertz CT molecular complexity index is 396. The van der Waals surface area contributed by atoms with Crippen LogP contribution < -0.4 is 0 Å². The maximum absolute atomic E-state index is 13.8. The molecule has 17 heavy (non-hydrogen) atoms. The van der Waals surface area contributed by atoms with Gasteiger partial charge in [-0.3, -0.25) is 4.90 Å². The summed E-state index contributed by atoms with van der Waals surface area (Å²) < 4.78 is 13.8. The van der Waals surface area contributed by atoms with Crippen LogP contribution in [0.15, 0.2) is 18.2 Å². The van der Waals surface area contributed by atoms with Gasteiger partial charge in [-0.1, -0.05) is 32.4 Å². The average molecular weight is 234 g/mol. The largest absolute Gasteiger partial charge is 0.299 e. The van der Waals surface area contributed by atoms with Gasteiger partial charge in [0.1, 0.15) is 11.9 Å². The third-order valence-electron chi connectivity index (χ3n) is 2.87. The Morgan fingerprint density at radius 3 is 2.71 bits per heavy atom. The van der Waals surface area contributed by atoms with Crippen molar-refractivity contribution in [2.24, 2.45) is 0 Å². The Hall–Kier alpha value is -1.40. The van der Waals surface area contributed by atoms with Crippen LogP contribution in [-0.2, 0) is 6.54 Å². The van der Waals surface area contributed by atoms with Gasteiger partial charge in [0.2, 0.25) is 0 Å². The molecule has 0 spiro atoms. The predicted octanol–water partition coefficient (Wildman–Crippen LogP) is 3.32. The van der Waals surface area contributed by atoms with Crippen LogP contribution in [0, 0.1) is 17.1 Å². The van der Waals surface area contributed by atoms with Crippen molar-refractivity contribution in [2.75, 3.05) is 13.1 Å². The van der Waals surface area contributed by atoms with Crippen LogP contribution in [0.4, 0.5) is 4.39 Å². The molecular weight excluding hydrogens is 215 g/mol. The minimum atomic E-state index is -0.370. The van der Waals surface area contributed by atoms with E-state index in [4.69, 9.17) is 5.26 Å². The van der Waals surface area contributed by atoms with Crippen LogP contribution in [0.3, 0.4) is 0 Å². The molecule has 0 N–H and O–H groups in total. The number of rotatable bonds is 6. The summed E-state index contributed by atoms with van der Waals surface area (Å²) in [5, 5.41) is 8.77. The van der Waals surface area contributed by atoms with E-state index in [0.29, 0.717) is 12.1 Å². The molecule has 2 nitrogen and oxygen atoms in total. The normalized spacial score (nSPS) is 10.5. The molecule has 0 unspecified atom stereocenters. The summed E-state index contributed by atoms with van der Waals surface area (Å²) in [5.41, 5.74) is 0.746. The molecular formula is C14H19FN2. The minimum Gasteiger partial charge on any atom is -0.299 e. The van der Waals surface area contributed by atoms with E-state index in [2.05, 4.69) is 18.7 Å². The second-order valence-electron chi connectivity index (χ2n) is 4.11. The molecule has 1 aromatic carbocycles. The van der Waals surface area contributed by atoms with Crippen molar-refractivity contribution in [3.05, 3.63) is 35.1 Å². The molecule has 0 aliphatic heterocycles. The highest BCUT2D eigenvalue weighted by molar-refractivity contribution is 5.34. The molecule has 0 heterocycles. The third kappa shape index (κ3) is 3.83. The molecule has 0 amide bonds. The van der Waals surface area contributed by atoms with Crippen LogP contribution in [0.1, 0.15) is 37.8 Å². The zero-order valence-electron chi connectivity index (χ0n) is 10.5. The SMILES string of the molecule is CCCCN(CC)Cc1cccc(C#N)c1F. The van der Waals surface area contributed by atoms with E-state index in [1.54, 1.807) is 12.1 Å². The first-order chi connectivity index (χ1) is 8.22. The first kappa shape index (κ1) is 13.7. The number of halogens is 1. The number of unbranched alkanes of at least 4 members (excludes halogenated alkanes) is 1. The number of hydrogen-bond donors (Lipinski definition) is 0. The molecule has 0 saturated heterocycles. The highest BCUT2D eigenvalue weighted by Crippen LogP contribution is 2.14. The van der Waals surface area contributed by atoms with Crippen molar-refractivity contribution in [3.63, 3.8) is 0 Å². The van der Waals surface area contributed by atoms with Gasteiger partial charge in [-0.2, -0.15) is 5.26 Å².